The van der Waals surface area contributed by atoms with Crippen molar-refractivity contribution in [1.82, 2.24) is 10.3 Å². The van der Waals surface area contributed by atoms with Crippen molar-refractivity contribution in [3.8, 4) is 0 Å². The monoisotopic (exact) mass is 268 g/mol. The summed E-state index contributed by atoms with van der Waals surface area (Å²) in [5.74, 6) is -0.114. The summed E-state index contributed by atoms with van der Waals surface area (Å²) < 4.78 is 5.35. The van der Waals surface area contributed by atoms with Gasteiger partial charge in [0.2, 0.25) is 0 Å². The Labute approximate surface area is 112 Å². The molecule has 2 atom stereocenters. The highest BCUT2D eigenvalue weighted by molar-refractivity contribution is 6.29. The van der Waals surface area contributed by atoms with Gasteiger partial charge in [0, 0.05) is 18.4 Å². The molecule has 18 heavy (non-hydrogen) atoms. The van der Waals surface area contributed by atoms with E-state index in [2.05, 4.69) is 10.3 Å². The van der Waals surface area contributed by atoms with E-state index in [1.165, 1.54) is 0 Å². The first-order chi connectivity index (χ1) is 8.60. The molecule has 0 aliphatic heterocycles. The molecule has 2 rings (SSSR count). The molecule has 4 nitrogen and oxygen atoms in total. The van der Waals surface area contributed by atoms with Gasteiger partial charge in [-0.15, -0.1) is 0 Å². The van der Waals surface area contributed by atoms with E-state index in [4.69, 9.17) is 16.3 Å². The molecule has 1 aliphatic carbocycles. The van der Waals surface area contributed by atoms with E-state index in [9.17, 15) is 4.79 Å². The Morgan fingerprint density at radius 2 is 2.28 bits per heavy atom. The SMILES string of the molecule is COC1CCCC1NC(=O)c1cc(C)nc(Cl)c1. The van der Waals surface area contributed by atoms with E-state index in [1.807, 2.05) is 6.92 Å². The van der Waals surface area contributed by atoms with Gasteiger partial charge in [-0.2, -0.15) is 0 Å². The Balaban J connectivity index is 2.07. The lowest BCUT2D eigenvalue weighted by Gasteiger charge is -2.19. The summed E-state index contributed by atoms with van der Waals surface area (Å²) in [7, 11) is 1.68. The van der Waals surface area contributed by atoms with Crippen LogP contribution in [0.4, 0.5) is 0 Å². The average molecular weight is 269 g/mol. The van der Waals surface area contributed by atoms with Crippen LogP contribution in [0.15, 0.2) is 12.1 Å². The quantitative estimate of drug-likeness (QED) is 0.856. The third kappa shape index (κ3) is 3.00. The minimum absolute atomic E-state index is 0.0924. The van der Waals surface area contributed by atoms with Crippen LogP contribution < -0.4 is 5.32 Å². The molecule has 0 saturated heterocycles. The standard InChI is InChI=1S/C13H17ClN2O2/c1-8-6-9(7-12(14)15-8)13(17)16-10-4-3-5-11(10)18-2/h6-7,10-11H,3-5H2,1-2H3,(H,16,17). The van der Waals surface area contributed by atoms with Gasteiger partial charge in [0.1, 0.15) is 5.15 Å². The number of nitrogens with one attached hydrogen (secondary N) is 1. The third-order valence-corrected chi connectivity index (χ3v) is 3.45. The van der Waals surface area contributed by atoms with Gasteiger partial charge in [0.05, 0.1) is 12.1 Å². The molecule has 0 aromatic carbocycles. The fourth-order valence-electron chi connectivity index (χ4n) is 2.38. The van der Waals surface area contributed by atoms with Crippen LogP contribution in [0.2, 0.25) is 5.15 Å². The zero-order valence-corrected chi connectivity index (χ0v) is 11.3. The Kier molecular flexibility index (Phi) is 4.19. The van der Waals surface area contributed by atoms with E-state index in [-0.39, 0.29) is 18.1 Å². The molecule has 1 N–H and O–H groups in total. The van der Waals surface area contributed by atoms with Crippen molar-refractivity contribution in [3.05, 3.63) is 28.5 Å². The maximum Gasteiger partial charge on any atom is 0.251 e. The molecule has 0 bridgehead atoms. The summed E-state index contributed by atoms with van der Waals surface area (Å²) in [4.78, 5) is 16.2. The highest BCUT2D eigenvalue weighted by atomic mass is 35.5. The van der Waals surface area contributed by atoms with Gasteiger partial charge in [-0.1, -0.05) is 11.6 Å². The molecule has 5 heteroatoms. The number of amides is 1. The van der Waals surface area contributed by atoms with Crippen LogP contribution in [0.3, 0.4) is 0 Å². The van der Waals surface area contributed by atoms with Crippen LogP contribution in [0, 0.1) is 6.92 Å². The summed E-state index contributed by atoms with van der Waals surface area (Å²) in [5, 5.41) is 3.34. The van der Waals surface area contributed by atoms with Crippen molar-refractivity contribution in [1.29, 1.82) is 0 Å². The topological polar surface area (TPSA) is 51.2 Å². The number of aryl methyl sites for hydroxylation is 1. The average Bonchev–Trinajstić information content (AvgIpc) is 2.75. The largest absolute Gasteiger partial charge is 0.379 e. The molecule has 1 aromatic rings. The van der Waals surface area contributed by atoms with Crippen LogP contribution in [0.5, 0.6) is 0 Å². The summed E-state index contributed by atoms with van der Waals surface area (Å²) in [6, 6.07) is 3.41. The minimum Gasteiger partial charge on any atom is -0.379 e. The van der Waals surface area contributed by atoms with Gasteiger partial charge in [-0.3, -0.25) is 4.79 Å². The number of ether oxygens (including phenoxy) is 1. The van der Waals surface area contributed by atoms with Gasteiger partial charge in [-0.05, 0) is 38.3 Å². The number of hydrogen-bond donors (Lipinski definition) is 1. The fourth-order valence-corrected chi connectivity index (χ4v) is 2.63. The lowest BCUT2D eigenvalue weighted by molar-refractivity contribution is 0.0722. The van der Waals surface area contributed by atoms with Gasteiger partial charge >= 0.3 is 0 Å². The van der Waals surface area contributed by atoms with Crippen molar-refractivity contribution in [2.75, 3.05) is 7.11 Å². The number of carbonyl (C=O) groups is 1. The molecule has 0 spiro atoms. The number of aromatic nitrogens is 1. The molecule has 98 valence electrons. The Bertz CT molecular complexity index is 430. The fraction of sp³-hybridized carbons (Fsp3) is 0.538. The normalized spacial score (nSPS) is 23.1. The maximum absolute atomic E-state index is 12.1. The second-order valence-electron chi connectivity index (χ2n) is 4.60. The molecule has 1 amide bonds. The summed E-state index contributed by atoms with van der Waals surface area (Å²) in [6.07, 6.45) is 3.16. The highest BCUT2D eigenvalue weighted by Crippen LogP contribution is 2.22. The third-order valence-electron chi connectivity index (χ3n) is 3.26. The molecule has 1 fully saturated rings. The molecule has 1 saturated carbocycles. The van der Waals surface area contributed by atoms with E-state index >= 15 is 0 Å². The first kappa shape index (κ1) is 13.3. The molecule has 2 unspecified atom stereocenters. The zero-order chi connectivity index (χ0) is 13.1. The number of methoxy groups -OCH3 is 1. The smallest absolute Gasteiger partial charge is 0.251 e. The van der Waals surface area contributed by atoms with Crippen molar-refractivity contribution < 1.29 is 9.53 Å². The molecular formula is C13H17ClN2O2. The van der Waals surface area contributed by atoms with Gasteiger partial charge in [0.25, 0.3) is 5.91 Å². The van der Waals surface area contributed by atoms with Gasteiger partial charge in [0.15, 0.2) is 0 Å². The Hall–Kier alpha value is -1.13. The van der Waals surface area contributed by atoms with Crippen LogP contribution in [-0.2, 0) is 4.74 Å². The van der Waals surface area contributed by atoms with E-state index < -0.39 is 0 Å². The van der Waals surface area contributed by atoms with Crippen molar-refractivity contribution in [2.45, 2.75) is 38.3 Å². The molecule has 1 aliphatic rings. The Morgan fingerprint density at radius 3 is 2.94 bits per heavy atom. The van der Waals surface area contributed by atoms with Crippen LogP contribution in [0.25, 0.3) is 0 Å². The number of pyridine rings is 1. The second-order valence-corrected chi connectivity index (χ2v) is 4.99. The number of hydrogen-bond acceptors (Lipinski definition) is 3. The summed E-state index contributed by atoms with van der Waals surface area (Å²) in [5.41, 5.74) is 1.29. The predicted molar refractivity (Wildman–Crippen MR) is 69.9 cm³/mol. The first-order valence-corrected chi connectivity index (χ1v) is 6.46. The number of rotatable bonds is 3. The molecular weight excluding hydrogens is 252 g/mol. The lowest BCUT2D eigenvalue weighted by Crippen LogP contribution is -2.40. The summed E-state index contributed by atoms with van der Waals surface area (Å²) >= 11 is 5.85. The minimum atomic E-state index is -0.114. The molecule has 0 radical (unpaired) electrons. The second kappa shape index (κ2) is 5.67. The molecule has 1 heterocycles. The maximum atomic E-state index is 12.1. The number of carbonyl (C=O) groups excluding carboxylic acids is 1. The van der Waals surface area contributed by atoms with E-state index in [1.54, 1.807) is 19.2 Å². The molecule has 1 aromatic heterocycles. The van der Waals surface area contributed by atoms with Crippen molar-refractivity contribution >= 4 is 17.5 Å². The van der Waals surface area contributed by atoms with Crippen LogP contribution in [-0.4, -0.2) is 30.1 Å². The first-order valence-electron chi connectivity index (χ1n) is 6.08. The van der Waals surface area contributed by atoms with E-state index in [0.29, 0.717) is 10.7 Å². The van der Waals surface area contributed by atoms with Gasteiger partial charge in [-0.25, -0.2) is 4.98 Å². The highest BCUT2D eigenvalue weighted by Gasteiger charge is 2.28. The van der Waals surface area contributed by atoms with Crippen LogP contribution >= 0.6 is 11.6 Å². The van der Waals surface area contributed by atoms with Crippen molar-refractivity contribution in [2.24, 2.45) is 0 Å². The zero-order valence-electron chi connectivity index (χ0n) is 10.6. The van der Waals surface area contributed by atoms with Gasteiger partial charge < -0.3 is 10.1 Å². The van der Waals surface area contributed by atoms with Crippen molar-refractivity contribution in [3.63, 3.8) is 0 Å². The van der Waals surface area contributed by atoms with Crippen LogP contribution in [0.1, 0.15) is 35.3 Å². The summed E-state index contributed by atoms with van der Waals surface area (Å²) in [6.45, 7) is 1.82. The number of halogens is 1. The predicted octanol–water partition coefficient (Wildman–Crippen LogP) is 2.34. The lowest BCUT2D eigenvalue weighted by atomic mass is 10.1. The number of nitrogens with zero attached hydrogens (tertiary/aromatic N) is 1. The van der Waals surface area contributed by atoms with E-state index in [0.717, 1.165) is 25.0 Å². The Morgan fingerprint density at radius 1 is 1.50 bits per heavy atom.